The van der Waals surface area contributed by atoms with E-state index in [1.165, 1.54) is 11.1 Å². The predicted octanol–water partition coefficient (Wildman–Crippen LogP) is -2.62. The molecule has 5 heteroatoms. The van der Waals surface area contributed by atoms with E-state index in [-0.39, 0.29) is 24.4 Å². The van der Waals surface area contributed by atoms with Crippen molar-refractivity contribution in [2.24, 2.45) is 5.92 Å². The van der Waals surface area contributed by atoms with Crippen molar-refractivity contribution in [1.82, 2.24) is 0 Å². The average molecular weight is 284 g/mol. The van der Waals surface area contributed by atoms with Crippen LogP contribution in [0.3, 0.4) is 0 Å². The zero-order valence-electron chi connectivity index (χ0n) is 10.8. The number of quaternary nitrogens is 1. The Balaban J connectivity index is 0.00000133. The van der Waals surface area contributed by atoms with Crippen LogP contribution in [-0.4, -0.2) is 30.8 Å². The van der Waals surface area contributed by atoms with E-state index in [0.29, 0.717) is 5.92 Å². The standard InChI is InChI=1S/C14H17NO3.ClH/c1-18-10-2-3-11-9(6-10)4-8-5-12(11)13(14(16)17)15-7-8;/h2-3,6,8,12-13,15H,4-5,7H2,1H3,(H,16,17);1H/t8-,12-,13-;/m1./s1. The zero-order valence-corrected chi connectivity index (χ0v) is 11.6. The first kappa shape index (κ1) is 14.2. The first-order valence-corrected chi connectivity index (χ1v) is 6.42. The molecule has 2 bridgehead atoms. The average Bonchev–Trinajstić information content (AvgIpc) is 2.38. The highest BCUT2D eigenvalue weighted by molar-refractivity contribution is 5.73. The Hall–Kier alpha value is -1.26. The lowest BCUT2D eigenvalue weighted by Gasteiger charge is -2.37. The molecule has 0 amide bonds. The van der Waals surface area contributed by atoms with Gasteiger partial charge in [0.15, 0.2) is 6.04 Å². The second kappa shape index (κ2) is 5.39. The van der Waals surface area contributed by atoms with Crippen molar-refractivity contribution in [3.8, 4) is 5.75 Å². The van der Waals surface area contributed by atoms with Crippen LogP contribution in [0.2, 0.25) is 0 Å². The van der Waals surface area contributed by atoms with Crippen LogP contribution in [0.25, 0.3) is 0 Å². The van der Waals surface area contributed by atoms with Gasteiger partial charge in [-0.25, -0.2) is 4.79 Å². The van der Waals surface area contributed by atoms with Crippen LogP contribution in [-0.2, 0) is 11.2 Å². The van der Waals surface area contributed by atoms with E-state index in [1.54, 1.807) is 7.11 Å². The summed E-state index contributed by atoms with van der Waals surface area (Å²) in [6.45, 7) is 0.921. The molecule has 0 radical (unpaired) electrons. The number of carboxylic acids is 1. The molecule has 104 valence electrons. The van der Waals surface area contributed by atoms with Gasteiger partial charge in [-0.1, -0.05) is 6.07 Å². The van der Waals surface area contributed by atoms with Crippen molar-refractivity contribution in [2.45, 2.75) is 24.8 Å². The predicted molar refractivity (Wildman–Crippen MR) is 65.8 cm³/mol. The third-order valence-corrected chi connectivity index (χ3v) is 4.29. The van der Waals surface area contributed by atoms with Gasteiger partial charge >= 0.3 is 5.97 Å². The van der Waals surface area contributed by atoms with Gasteiger partial charge in [-0.05, 0) is 36.1 Å². The molecule has 1 aromatic rings. The Bertz CT molecular complexity index is 492. The second-order valence-electron chi connectivity index (χ2n) is 5.31. The Kier molecular flexibility index (Phi) is 4.02. The van der Waals surface area contributed by atoms with Crippen molar-refractivity contribution in [3.63, 3.8) is 0 Å². The number of ether oxygens (including phenoxy) is 1. The molecule has 2 aliphatic rings. The summed E-state index contributed by atoms with van der Waals surface area (Å²) in [5.74, 6) is 0.924. The van der Waals surface area contributed by atoms with Gasteiger partial charge in [-0.3, -0.25) is 0 Å². The summed E-state index contributed by atoms with van der Waals surface area (Å²) in [7, 11) is 1.67. The number of hydrogen-bond acceptors (Lipinski definition) is 2. The summed E-state index contributed by atoms with van der Waals surface area (Å²) in [6, 6.07) is 5.73. The molecule has 1 fully saturated rings. The van der Waals surface area contributed by atoms with Crippen molar-refractivity contribution < 1.29 is 32.4 Å². The normalized spacial score (nSPS) is 27.9. The Morgan fingerprint density at radius 2 is 2.26 bits per heavy atom. The van der Waals surface area contributed by atoms with Crippen LogP contribution in [0, 0.1) is 5.92 Å². The van der Waals surface area contributed by atoms with Crippen molar-refractivity contribution in [3.05, 3.63) is 29.3 Å². The van der Waals surface area contributed by atoms with Crippen LogP contribution in [0.15, 0.2) is 18.2 Å². The van der Waals surface area contributed by atoms with E-state index in [1.807, 2.05) is 17.4 Å². The number of fused-ring (bicyclic) bond motifs is 4. The van der Waals surface area contributed by atoms with E-state index < -0.39 is 5.97 Å². The fourth-order valence-corrected chi connectivity index (χ4v) is 3.42. The molecule has 1 aromatic carbocycles. The largest absolute Gasteiger partial charge is 1.00 e. The first-order chi connectivity index (χ1) is 8.69. The highest BCUT2D eigenvalue weighted by Gasteiger charge is 2.43. The fraction of sp³-hybridized carbons (Fsp3) is 0.500. The number of halogens is 1. The highest BCUT2D eigenvalue weighted by atomic mass is 35.5. The third-order valence-electron chi connectivity index (χ3n) is 4.29. The molecule has 19 heavy (non-hydrogen) atoms. The molecule has 1 saturated heterocycles. The molecule has 0 spiro atoms. The summed E-state index contributed by atoms with van der Waals surface area (Å²) in [5, 5.41) is 11.3. The van der Waals surface area contributed by atoms with Gasteiger partial charge in [-0.2, -0.15) is 0 Å². The van der Waals surface area contributed by atoms with Crippen LogP contribution in [0.4, 0.5) is 0 Å². The fourth-order valence-electron chi connectivity index (χ4n) is 3.42. The Labute approximate surface area is 118 Å². The number of nitrogens with two attached hydrogens (primary N) is 1. The van der Waals surface area contributed by atoms with Crippen molar-refractivity contribution >= 4 is 5.97 Å². The molecule has 1 aliphatic heterocycles. The van der Waals surface area contributed by atoms with E-state index >= 15 is 0 Å². The van der Waals surface area contributed by atoms with E-state index in [0.717, 1.165) is 25.1 Å². The number of methoxy groups -OCH3 is 1. The van der Waals surface area contributed by atoms with Gasteiger partial charge < -0.3 is 27.6 Å². The Morgan fingerprint density at radius 1 is 1.47 bits per heavy atom. The molecule has 0 saturated carbocycles. The molecular formula is C14H18ClNO3. The van der Waals surface area contributed by atoms with Gasteiger partial charge in [0.2, 0.25) is 0 Å². The number of carbonyl (C=O) groups is 1. The maximum Gasteiger partial charge on any atom is 0.363 e. The van der Waals surface area contributed by atoms with Gasteiger partial charge in [0.25, 0.3) is 0 Å². The lowest BCUT2D eigenvalue weighted by molar-refractivity contribution is -0.695. The summed E-state index contributed by atoms with van der Waals surface area (Å²) >= 11 is 0. The molecule has 3 atom stereocenters. The number of benzene rings is 1. The van der Waals surface area contributed by atoms with Crippen molar-refractivity contribution in [2.75, 3.05) is 13.7 Å². The molecule has 1 aliphatic carbocycles. The monoisotopic (exact) mass is 283 g/mol. The number of rotatable bonds is 2. The van der Waals surface area contributed by atoms with E-state index in [4.69, 9.17) is 4.74 Å². The zero-order chi connectivity index (χ0) is 12.7. The number of hydrogen-bond donors (Lipinski definition) is 2. The molecule has 0 unspecified atom stereocenters. The minimum atomic E-state index is -0.692. The quantitative estimate of drug-likeness (QED) is 0.625. The topological polar surface area (TPSA) is 63.1 Å². The van der Waals surface area contributed by atoms with Gasteiger partial charge in [0.05, 0.1) is 13.7 Å². The Morgan fingerprint density at radius 3 is 2.95 bits per heavy atom. The van der Waals surface area contributed by atoms with Crippen LogP contribution in [0.5, 0.6) is 5.75 Å². The highest BCUT2D eigenvalue weighted by Crippen LogP contribution is 2.39. The van der Waals surface area contributed by atoms with Crippen LogP contribution < -0.4 is 22.5 Å². The molecule has 1 heterocycles. The maximum atomic E-state index is 11.3. The smallest absolute Gasteiger partial charge is 0.363 e. The van der Waals surface area contributed by atoms with Gasteiger partial charge in [0, 0.05) is 11.8 Å². The molecular weight excluding hydrogens is 266 g/mol. The third kappa shape index (κ3) is 2.42. The minimum absolute atomic E-state index is 0. The van der Waals surface area contributed by atoms with Crippen LogP contribution >= 0.6 is 0 Å². The summed E-state index contributed by atoms with van der Waals surface area (Å²) in [6.07, 6.45) is 2.05. The number of aliphatic carboxylic acids is 1. The van der Waals surface area contributed by atoms with E-state index in [9.17, 15) is 9.90 Å². The summed E-state index contributed by atoms with van der Waals surface area (Å²) in [4.78, 5) is 11.3. The molecule has 0 aromatic heterocycles. The summed E-state index contributed by atoms with van der Waals surface area (Å²) in [5.41, 5.74) is 2.48. The van der Waals surface area contributed by atoms with Gasteiger partial charge in [0.1, 0.15) is 5.75 Å². The maximum absolute atomic E-state index is 11.3. The minimum Gasteiger partial charge on any atom is -1.00 e. The van der Waals surface area contributed by atoms with Crippen molar-refractivity contribution in [1.29, 1.82) is 0 Å². The summed E-state index contributed by atoms with van der Waals surface area (Å²) < 4.78 is 5.25. The van der Waals surface area contributed by atoms with Gasteiger partial charge in [-0.15, -0.1) is 0 Å². The van der Waals surface area contributed by atoms with Crippen LogP contribution in [0.1, 0.15) is 23.5 Å². The van der Waals surface area contributed by atoms with E-state index in [2.05, 4.69) is 6.07 Å². The molecule has 4 nitrogen and oxygen atoms in total. The molecule has 3 N–H and O–H groups in total. The lowest BCUT2D eigenvalue weighted by atomic mass is 9.71. The number of piperidine rings is 1. The first-order valence-electron chi connectivity index (χ1n) is 6.42. The number of carboxylic acid groups (broad SMARTS) is 1. The molecule has 3 rings (SSSR count). The second-order valence-corrected chi connectivity index (χ2v) is 5.31. The SMILES string of the molecule is COc1ccc2c(c1)C[C@H]1C[NH2+][C@@H](C(=O)O)[C@@H]2C1.[Cl-]. The lowest BCUT2D eigenvalue weighted by Crippen LogP contribution is -3.00.